The van der Waals surface area contributed by atoms with Crippen molar-refractivity contribution in [2.45, 2.75) is 26.2 Å². The highest BCUT2D eigenvalue weighted by atomic mass is 19.1. The number of hydrogen-bond acceptors (Lipinski definition) is 1. The molecule has 0 heterocycles. The normalized spacial score (nSPS) is 12.8. The average Bonchev–Trinajstić information content (AvgIpc) is 2.30. The second-order valence-corrected chi connectivity index (χ2v) is 4.22. The van der Waals surface area contributed by atoms with E-state index in [4.69, 9.17) is 5.11 Å². The maximum atomic E-state index is 13.3. The molecule has 0 spiro atoms. The molecule has 1 aromatic carbocycles. The van der Waals surface area contributed by atoms with Crippen LogP contribution in [-0.2, 0) is 11.2 Å². The summed E-state index contributed by atoms with van der Waals surface area (Å²) in [6.45, 7) is 1.63. The lowest BCUT2D eigenvalue weighted by atomic mass is 10.1. The molecule has 2 nitrogen and oxygen atoms in total. The number of halogens is 2. The smallest absolute Gasteiger partial charge is 0.306 e. The van der Waals surface area contributed by atoms with Crippen LogP contribution in [0.5, 0.6) is 0 Å². The molecule has 0 aliphatic heterocycles. The number of carbonyl (C=O) groups is 1. The minimum Gasteiger partial charge on any atom is -0.481 e. The van der Waals surface area contributed by atoms with E-state index in [2.05, 4.69) is 0 Å². The summed E-state index contributed by atoms with van der Waals surface area (Å²) in [6.07, 6.45) is 5.14. The quantitative estimate of drug-likeness (QED) is 0.788. The zero-order valence-corrected chi connectivity index (χ0v) is 10.2. The van der Waals surface area contributed by atoms with Crippen molar-refractivity contribution in [1.29, 1.82) is 0 Å². The van der Waals surface area contributed by atoms with Crippen LogP contribution in [0.4, 0.5) is 8.78 Å². The summed E-state index contributed by atoms with van der Waals surface area (Å²) in [7, 11) is 0. The molecule has 1 rings (SSSR count). The molecule has 0 saturated carbocycles. The van der Waals surface area contributed by atoms with Gasteiger partial charge in [-0.05, 0) is 30.9 Å². The van der Waals surface area contributed by atoms with Gasteiger partial charge in [0.05, 0.1) is 5.92 Å². The topological polar surface area (TPSA) is 37.3 Å². The van der Waals surface area contributed by atoms with E-state index >= 15 is 0 Å². The van der Waals surface area contributed by atoms with Crippen LogP contribution in [0.1, 0.15) is 25.3 Å². The van der Waals surface area contributed by atoms with Crippen molar-refractivity contribution >= 4 is 5.97 Å². The summed E-state index contributed by atoms with van der Waals surface area (Å²) in [4.78, 5) is 10.5. The largest absolute Gasteiger partial charge is 0.481 e. The third-order valence-corrected chi connectivity index (χ3v) is 2.67. The molecule has 0 aliphatic rings. The maximum absolute atomic E-state index is 13.3. The van der Waals surface area contributed by atoms with Crippen LogP contribution in [0.3, 0.4) is 0 Å². The molecule has 0 bridgehead atoms. The van der Waals surface area contributed by atoms with E-state index in [-0.39, 0.29) is 0 Å². The van der Waals surface area contributed by atoms with Gasteiger partial charge in [-0.1, -0.05) is 25.1 Å². The lowest BCUT2D eigenvalue weighted by Crippen LogP contribution is -2.07. The van der Waals surface area contributed by atoms with Crippen molar-refractivity contribution < 1.29 is 18.7 Å². The SMILES string of the molecule is CC(CC=CCCc1ccc(F)cc1F)C(=O)O. The number of aliphatic carboxylic acids is 1. The first-order valence-corrected chi connectivity index (χ1v) is 5.82. The van der Waals surface area contributed by atoms with Gasteiger partial charge in [0.1, 0.15) is 11.6 Å². The molecule has 0 aliphatic carbocycles. The monoisotopic (exact) mass is 254 g/mol. The van der Waals surface area contributed by atoms with Crippen molar-refractivity contribution in [2.75, 3.05) is 0 Å². The predicted octanol–water partition coefficient (Wildman–Crippen LogP) is 3.56. The molecule has 0 amide bonds. The number of rotatable bonds is 6. The highest BCUT2D eigenvalue weighted by Crippen LogP contribution is 2.12. The van der Waals surface area contributed by atoms with Crippen LogP contribution < -0.4 is 0 Å². The Balaban J connectivity index is 2.37. The number of hydrogen-bond donors (Lipinski definition) is 1. The van der Waals surface area contributed by atoms with Crippen LogP contribution in [0, 0.1) is 17.6 Å². The Bertz CT molecular complexity index is 441. The van der Waals surface area contributed by atoms with E-state index in [1.807, 2.05) is 6.08 Å². The fourth-order valence-electron chi connectivity index (χ4n) is 1.48. The lowest BCUT2D eigenvalue weighted by molar-refractivity contribution is -0.140. The first-order valence-electron chi connectivity index (χ1n) is 5.82. The molecule has 98 valence electrons. The summed E-state index contributed by atoms with van der Waals surface area (Å²) < 4.78 is 25.9. The zero-order chi connectivity index (χ0) is 13.5. The van der Waals surface area contributed by atoms with Gasteiger partial charge in [-0.3, -0.25) is 4.79 Å². The molecule has 1 aromatic rings. The third kappa shape index (κ3) is 4.65. The van der Waals surface area contributed by atoms with E-state index in [0.717, 1.165) is 6.07 Å². The number of aryl methyl sites for hydroxylation is 1. The molecule has 4 heteroatoms. The molecule has 0 radical (unpaired) electrons. The molecule has 18 heavy (non-hydrogen) atoms. The van der Waals surface area contributed by atoms with Crippen molar-refractivity contribution in [3.05, 3.63) is 47.5 Å². The Labute approximate surface area is 105 Å². The first-order chi connectivity index (χ1) is 8.50. The van der Waals surface area contributed by atoms with Crippen molar-refractivity contribution in [2.24, 2.45) is 5.92 Å². The molecular formula is C14H16F2O2. The second kappa shape index (κ2) is 6.89. The highest BCUT2D eigenvalue weighted by Gasteiger charge is 2.07. The molecule has 0 fully saturated rings. The fraction of sp³-hybridized carbons (Fsp3) is 0.357. The van der Waals surface area contributed by atoms with E-state index in [9.17, 15) is 13.6 Å². The van der Waals surface area contributed by atoms with Gasteiger partial charge in [-0.25, -0.2) is 8.78 Å². The Morgan fingerprint density at radius 3 is 2.72 bits per heavy atom. The van der Waals surface area contributed by atoms with E-state index in [0.29, 0.717) is 24.8 Å². The minimum atomic E-state index is -0.829. The molecule has 1 atom stereocenters. The van der Waals surface area contributed by atoms with Crippen molar-refractivity contribution in [1.82, 2.24) is 0 Å². The summed E-state index contributed by atoms with van der Waals surface area (Å²) >= 11 is 0. The van der Waals surface area contributed by atoms with Gasteiger partial charge in [-0.2, -0.15) is 0 Å². The van der Waals surface area contributed by atoms with Crippen LogP contribution in [0.15, 0.2) is 30.4 Å². The molecule has 1 N–H and O–H groups in total. The van der Waals surface area contributed by atoms with E-state index < -0.39 is 23.5 Å². The van der Waals surface area contributed by atoms with Crippen LogP contribution in [0.2, 0.25) is 0 Å². The Kier molecular flexibility index (Phi) is 5.49. The highest BCUT2D eigenvalue weighted by molar-refractivity contribution is 5.69. The van der Waals surface area contributed by atoms with Gasteiger partial charge in [0.25, 0.3) is 0 Å². The number of allylic oxidation sites excluding steroid dienone is 2. The molecule has 0 saturated heterocycles. The number of benzene rings is 1. The minimum absolute atomic E-state index is 0.413. The molecule has 0 aromatic heterocycles. The van der Waals surface area contributed by atoms with Gasteiger partial charge < -0.3 is 5.11 Å². The summed E-state index contributed by atoms with van der Waals surface area (Å²) in [5.74, 6) is -2.36. The van der Waals surface area contributed by atoms with Crippen LogP contribution >= 0.6 is 0 Å². The fourth-order valence-corrected chi connectivity index (χ4v) is 1.48. The summed E-state index contributed by atoms with van der Waals surface area (Å²) in [6, 6.07) is 3.53. The maximum Gasteiger partial charge on any atom is 0.306 e. The first kappa shape index (κ1) is 14.4. The van der Waals surface area contributed by atoms with Gasteiger partial charge in [0.2, 0.25) is 0 Å². The van der Waals surface area contributed by atoms with Crippen molar-refractivity contribution in [3.63, 3.8) is 0 Å². The van der Waals surface area contributed by atoms with Crippen LogP contribution in [0.25, 0.3) is 0 Å². The van der Waals surface area contributed by atoms with Crippen LogP contribution in [-0.4, -0.2) is 11.1 Å². The Morgan fingerprint density at radius 2 is 2.11 bits per heavy atom. The summed E-state index contributed by atoms with van der Waals surface area (Å²) in [5.41, 5.74) is 0.465. The standard InChI is InChI=1S/C14H16F2O2/c1-10(14(17)18)5-3-2-4-6-11-7-8-12(15)9-13(11)16/h2-3,7-10H,4-6H2,1H3,(H,17,18). The van der Waals surface area contributed by atoms with Gasteiger partial charge >= 0.3 is 5.97 Å². The van der Waals surface area contributed by atoms with Gasteiger partial charge in [0, 0.05) is 6.07 Å². The number of carboxylic acid groups (broad SMARTS) is 1. The Morgan fingerprint density at radius 1 is 1.39 bits per heavy atom. The lowest BCUT2D eigenvalue weighted by Gasteiger charge is -2.02. The third-order valence-electron chi connectivity index (χ3n) is 2.67. The van der Waals surface area contributed by atoms with E-state index in [1.165, 1.54) is 12.1 Å². The van der Waals surface area contributed by atoms with Gasteiger partial charge in [-0.15, -0.1) is 0 Å². The van der Waals surface area contributed by atoms with E-state index in [1.54, 1.807) is 13.0 Å². The molecular weight excluding hydrogens is 238 g/mol. The Hall–Kier alpha value is -1.71. The number of carboxylic acids is 1. The van der Waals surface area contributed by atoms with Gasteiger partial charge in [0.15, 0.2) is 0 Å². The van der Waals surface area contributed by atoms with Crippen molar-refractivity contribution in [3.8, 4) is 0 Å². The second-order valence-electron chi connectivity index (χ2n) is 4.22. The average molecular weight is 254 g/mol. The zero-order valence-electron chi connectivity index (χ0n) is 10.2. The predicted molar refractivity (Wildman–Crippen MR) is 65.2 cm³/mol. The summed E-state index contributed by atoms with van der Waals surface area (Å²) in [5, 5.41) is 8.66. The molecule has 1 unspecified atom stereocenters.